The SMILES string of the molecule is c1ccc(-c2cc(-c3ccc(-c4cccc(-c5nc6ccccc6c6c5ccc5c7ccccc7sc56)c4)cc3)cc(-c3ccccc3)n2)cc1. The fourth-order valence-electron chi connectivity index (χ4n) is 7.35. The fourth-order valence-corrected chi connectivity index (χ4v) is 8.61. The van der Waals surface area contributed by atoms with E-state index in [1.54, 1.807) is 0 Å². The van der Waals surface area contributed by atoms with Gasteiger partial charge in [-0.3, -0.25) is 0 Å². The van der Waals surface area contributed by atoms with Gasteiger partial charge in [0.15, 0.2) is 0 Å². The minimum atomic E-state index is 0.965. The molecule has 0 saturated heterocycles. The van der Waals surface area contributed by atoms with E-state index in [4.69, 9.17) is 9.97 Å². The van der Waals surface area contributed by atoms with Gasteiger partial charge in [0.05, 0.1) is 22.6 Å². The maximum Gasteiger partial charge on any atom is 0.0788 e. The first kappa shape index (κ1) is 29.5. The number of para-hydroxylation sites is 1. The van der Waals surface area contributed by atoms with Gasteiger partial charge in [-0.2, -0.15) is 0 Å². The summed E-state index contributed by atoms with van der Waals surface area (Å²) in [6.07, 6.45) is 0. The largest absolute Gasteiger partial charge is 0.248 e. The monoisotopic (exact) mass is 666 g/mol. The Kier molecular flexibility index (Phi) is 7.04. The van der Waals surface area contributed by atoms with Crippen molar-refractivity contribution < 1.29 is 0 Å². The summed E-state index contributed by atoms with van der Waals surface area (Å²) >= 11 is 1.88. The van der Waals surface area contributed by atoms with E-state index in [9.17, 15) is 0 Å². The van der Waals surface area contributed by atoms with Crippen LogP contribution >= 0.6 is 11.3 Å². The van der Waals surface area contributed by atoms with Crippen LogP contribution in [-0.2, 0) is 0 Å². The highest BCUT2D eigenvalue weighted by Crippen LogP contribution is 2.43. The quantitative estimate of drug-likeness (QED) is 0.171. The highest BCUT2D eigenvalue weighted by molar-refractivity contribution is 7.26. The molecule has 3 heteroatoms. The minimum Gasteiger partial charge on any atom is -0.248 e. The third-order valence-corrected chi connectivity index (χ3v) is 11.1. The lowest BCUT2D eigenvalue weighted by atomic mass is 9.95. The zero-order valence-electron chi connectivity index (χ0n) is 27.6. The van der Waals surface area contributed by atoms with Crippen molar-refractivity contribution in [3.05, 3.63) is 182 Å². The molecule has 0 amide bonds. The van der Waals surface area contributed by atoms with Gasteiger partial charge in [0, 0.05) is 53.0 Å². The van der Waals surface area contributed by atoms with Gasteiger partial charge in [0.1, 0.15) is 0 Å². The first-order valence-corrected chi connectivity index (χ1v) is 18.1. The molecule has 238 valence electrons. The molecule has 51 heavy (non-hydrogen) atoms. The summed E-state index contributed by atoms with van der Waals surface area (Å²) in [5.41, 5.74) is 11.9. The van der Waals surface area contributed by atoms with E-state index >= 15 is 0 Å². The summed E-state index contributed by atoms with van der Waals surface area (Å²) in [6, 6.07) is 64.8. The Morgan fingerprint density at radius 1 is 0.333 bits per heavy atom. The lowest BCUT2D eigenvalue weighted by Gasteiger charge is -2.13. The van der Waals surface area contributed by atoms with Crippen LogP contribution in [0.2, 0.25) is 0 Å². The van der Waals surface area contributed by atoms with Crippen molar-refractivity contribution in [3.8, 4) is 56.0 Å². The summed E-state index contributed by atoms with van der Waals surface area (Å²) in [7, 11) is 0. The van der Waals surface area contributed by atoms with E-state index in [1.165, 1.54) is 41.9 Å². The van der Waals surface area contributed by atoms with E-state index in [2.05, 4.69) is 170 Å². The lowest BCUT2D eigenvalue weighted by Crippen LogP contribution is -1.91. The van der Waals surface area contributed by atoms with Crippen LogP contribution < -0.4 is 0 Å². The molecule has 0 atom stereocenters. The van der Waals surface area contributed by atoms with Gasteiger partial charge in [0.2, 0.25) is 0 Å². The minimum absolute atomic E-state index is 0.965. The number of pyridine rings is 2. The number of nitrogens with zero attached hydrogens (tertiary/aromatic N) is 2. The Morgan fingerprint density at radius 3 is 1.63 bits per heavy atom. The Morgan fingerprint density at radius 2 is 0.902 bits per heavy atom. The molecule has 10 rings (SSSR count). The van der Waals surface area contributed by atoms with Gasteiger partial charge in [-0.15, -0.1) is 11.3 Å². The smallest absolute Gasteiger partial charge is 0.0788 e. The highest BCUT2D eigenvalue weighted by Gasteiger charge is 2.17. The van der Waals surface area contributed by atoms with Crippen LogP contribution in [0.5, 0.6) is 0 Å². The molecule has 3 aromatic heterocycles. The van der Waals surface area contributed by atoms with Gasteiger partial charge in [-0.05, 0) is 52.6 Å². The van der Waals surface area contributed by atoms with Crippen molar-refractivity contribution in [2.45, 2.75) is 0 Å². The number of rotatable bonds is 5. The normalized spacial score (nSPS) is 11.5. The van der Waals surface area contributed by atoms with E-state index in [0.717, 1.165) is 56.0 Å². The van der Waals surface area contributed by atoms with E-state index in [1.807, 2.05) is 23.5 Å². The van der Waals surface area contributed by atoms with Crippen LogP contribution in [0.1, 0.15) is 0 Å². The van der Waals surface area contributed by atoms with Crippen LogP contribution in [-0.4, -0.2) is 9.97 Å². The summed E-state index contributed by atoms with van der Waals surface area (Å²) < 4.78 is 2.63. The Balaban J connectivity index is 1.07. The number of hydrogen-bond acceptors (Lipinski definition) is 3. The third-order valence-electron chi connectivity index (χ3n) is 9.86. The van der Waals surface area contributed by atoms with Crippen molar-refractivity contribution in [1.29, 1.82) is 0 Å². The Hall–Kier alpha value is -6.42. The number of benzene rings is 7. The van der Waals surface area contributed by atoms with Crippen LogP contribution in [0.15, 0.2) is 182 Å². The fraction of sp³-hybridized carbons (Fsp3) is 0. The summed E-state index contributed by atoms with van der Waals surface area (Å²) in [5, 5.41) is 6.28. The maximum absolute atomic E-state index is 5.29. The van der Waals surface area contributed by atoms with Gasteiger partial charge in [0.25, 0.3) is 0 Å². The van der Waals surface area contributed by atoms with Crippen LogP contribution in [0.25, 0.3) is 97.9 Å². The van der Waals surface area contributed by atoms with Crippen LogP contribution in [0.4, 0.5) is 0 Å². The molecule has 0 radical (unpaired) electrons. The second-order valence-electron chi connectivity index (χ2n) is 13.0. The molecule has 3 heterocycles. The molecule has 0 aliphatic heterocycles. The molecule has 0 saturated carbocycles. The predicted octanol–water partition coefficient (Wildman–Crippen LogP) is 13.5. The summed E-state index contributed by atoms with van der Waals surface area (Å²) in [4.78, 5) is 10.4. The molecule has 0 spiro atoms. The zero-order chi connectivity index (χ0) is 33.7. The number of aromatic nitrogens is 2. The van der Waals surface area contributed by atoms with Crippen molar-refractivity contribution in [2.24, 2.45) is 0 Å². The molecule has 0 unspecified atom stereocenters. The molecule has 7 aromatic carbocycles. The second-order valence-corrected chi connectivity index (χ2v) is 14.0. The summed E-state index contributed by atoms with van der Waals surface area (Å²) in [5.74, 6) is 0. The standard InChI is InChI=1S/C48H30N2S/c1-3-12-33(13-4-1)43-29-37(30-44(49-43)34-14-5-2-6-15-34)32-24-22-31(23-25-32)35-16-11-17-36(28-35)47-41-27-26-39-38-18-8-10-21-45(38)51-48(39)46(41)40-19-7-9-20-42(40)50-47/h1-30H. The molecular formula is C48H30N2S. The first-order valence-electron chi connectivity index (χ1n) is 17.2. The van der Waals surface area contributed by atoms with Crippen molar-refractivity contribution in [3.63, 3.8) is 0 Å². The van der Waals surface area contributed by atoms with E-state index in [0.29, 0.717) is 0 Å². The molecule has 0 fully saturated rings. The predicted molar refractivity (Wildman–Crippen MR) is 217 cm³/mol. The molecule has 2 nitrogen and oxygen atoms in total. The Bertz CT molecular complexity index is 2830. The van der Waals surface area contributed by atoms with E-state index in [-0.39, 0.29) is 0 Å². The number of fused-ring (bicyclic) bond motifs is 7. The number of thiophene rings is 1. The van der Waals surface area contributed by atoms with Crippen LogP contribution in [0.3, 0.4) is 0 Å². The molecule has 0 N–H and O–H groups in total. The second kappa shape index (κ2) is 12.2. The average molecular weight is 667 g/mol. The first-order chi connectivity index (χ1) is 25.3. The highest BCUT2D eigenvalue weighted by atomic mass is 32.1. The maximum atomic E-state index is 5.29. The Labute approximate surface area is 300 Å². The number of hydrogen-bond donors (Lipinski definition) is 0. The molecule has 0 aliphatic rings. The van der Waals surface area contributed by atoms with Crippen molar-refractivity contribution >= 4 is 53.2 Å². The third kappa shape index (κ3) is 5.18. The molecule has 0 aliphatic carbocycles. The summed E-state index contributed by atoms with van der Waals surface area (Å²) in [6.45, 7) is 0. The average Bonchev–Trinajstić information content (AvgIpc) is 3.60. The zero-order valence-corrected chi connectivity index (χ0v) is 28.4. The lowest BCUT2D eigenvalue weighted by molar-refractivity contribution is 1.32. The molecular weight excluding hydrogens is 637 g/mol. The van der Waals surface area contributed by atoms with Gasteiger partial charge in [-0.1, -0.05) is 152 Å². The van der Waals surface area contributed by atoms with E-state index < -0.39 is 0 Å². The van der Waals surface area contributed by atoms with Crippen molar-refractivity contribution in [2.75, 3.05) is 0 Å². The van der Waals surface area contributed by atoms with Gasteiger partial charge >= 0.3 is 0 Å². The van der Waals surface area contributed by atoms with Crippen molar-refractivity contribution in [1.82, 2.24) is 9.97 Å². The molecule has 10 aromatic rings. The topological polar surface area (TPSA) is 25.8 Å². The molecule has 0 bridgehead atoms. The van der Waals surface area contributed by atoms with Crippen LogP contribution in [0, 0.1) is 0 Å². The van der Waals surface area contributed by atoms with Gasteiger partial charge < -0.3 is 0 Å². The van der Waals surface area contributed by atoms with Gasteiger partial charge in [-0.25, -0.2) is 9.97 Å².